The van der Waals surface area contributed by atoms with E-state index in [1.807, 2.05) is 49.4 Å². The summed E-state index contributed by atoms with van der Waals surface area (Å²) in [7, 11) is 0. The van der Waals surface area contributed by atoms with Gasteiger partial charge < -0.3 is 4.42 Å². The Kier molecular flexibility index (Phi) is 6.11. The molecule has 0 bridgehead atoms. The number of aromatic nitrogens is 4. The number of nitro benzene ring substituents is 1. The molecule has 35 heavy (non-hydrogen) atoms. The summed E-state index contributed by atoms with van der Waals surface area (Å²) in [5, 5.41) is 20.1. The van der Waals surface area contributed by atoms with E-state index in [1.54, 1.807) is 22.8 Å². The van der Waals surface area contributed by atoms with Crippen LogP contribution >= 0.6 is 11.8 Å². The summed E-state index contributed by atoms with van der Waals surface area (Å²) < 4.78 is 7.41. The highest BCUT2D eigenvalue weighted by molar-refractivity contribution is 7.98. The van der Waals surface area contributed by atoms with E-state index in [2.05, 4.69) is 10.2 Å². The zero-order valence-electron chi connectivity index (χ0n) is 18.6. The summed E-state index contributed by atoms with van der Waals surface area (Å²) in [5.41, 5.74) is 3.22. The maximum atomic E-state index is 13.3. The second-order valence-electron chi connectivity index (χ2n) is 7.88. The number of nitro groups is 1. The fourth-order valence-corrected chi connectivity index (χ4v) is 4.39. The highest BCUT2D eigenvalue weighted by atomic mass is 32.2. The number of para-hydroxylation sites is 1. The number of rotatable bonds is 7. The Labute approximate surface area is 203 Å². The number of hydrogen-bond acceptors (Lipinski definition) is 8. The van der Waals surface area contributed by atoms with Crippen molar-refractivity contribution >= 4 is 28.4 Å². The van der Waals surface area contributed by atoms with Crippen LogP contribution in [0.2, 0.25) is 0 Å². The molecule has 5 rings (SSSR count). The number of hydrogen-bond donors (Lipinski definition) is 0. The third-order valence-corrected chi connectivity index (χ3v) is 6.37. The van der Waals surface area contributed by atoms with Gasteiger partial charge in [-0.15, -0.1) is 10.2 Å². The lowest BCUT2D eigenvalue weighted by atomic mass is 10.1. The number of aryl methyl sites for hydroxylation is 1. The maximum Gasteiger partial charge on any atom is 0.269 e. The molecule has 3 aromatic carbocycles. The van der Waals surface area contributed by atoms with E-state index in [0.29, 0.717) is 39.8 Å². The number of thioether (sulfide) groups is 1. The van der Waals surface area contributed by atoms with Crippen molar-refractivity contribution in [2.75, 3.05) is 0 Å². The Balaban J connectivity index is 1.42. The highest BCUT2D eigenvalue weighted by Gasteiger charge is 2.15. The van der Waals surface area contributed by atoms with Gasteiger partial charge in [0.15, 0.2) is 5.16 Å². The summed E-state index contributed by atoms with van der Waals surface area (Å²) in [6.07, 6.45) is 0. The van der Waals surface area contributed by atoms with Gasteiger partial charge in [0, 0.05) is 17.7 Å². The van der Waals surface area contributed by atoms with Crippen LogP contribution in [0.15, 0.2) is 87.2 Å². The molecule has 10 heteroatoms. The largest absolute Gasteiger partial charge is 0.420 e. The molecule has 0 atom stereocenters. The van der Waals surface area contributed by atoms with Crippen LogP contribution in [0, 0.1) is 17.0 Å². The fraction of sp³-hybridized carbons (Fsp3) is 0.120. The Morgan fingerprint density at radius 3 is 2.49 bits per heavy atom. The lowest BCUT2D eigenvalue weighted by Gasteiger charge is -2.13. The van der Waals surface area contributed by atoms with Crippen molar-refractivity contribution in [3.8, 4) is 11.5 Å². The lowest BCUT2D eigenvalue weighted by molar-refractivity contribution is -0.384. The summed E-state index contributed by atoms with van der Waals surface area (Å²) in [5.74, 6) is 0.922. The average Bonchev–Trinajstić information content (AvgIpc) is 3.35. The molecule has 0 saturated carbocycles. The summed E-state index contributed by atoms with van der Waals surface area (Å²) in [6, 6.07) is 21.2. The van der Waals surface area contributed by atoms with Crippen LogP contribution in [0.5, 0.6) is 0 Å². The normalized spacial score (nSPS) is 11.1. The van der Waals surface area contributed by atoms with Crippen LogP contribution in [0.25, 0.3) is 22.4 Å². The van der Waals surface area contributed by atoms with Crippen molar-refractivity contribution in [1.82, 2.24) is 19.7 Å². The van der Waals surface area contributed by atoms with E-state index in [1.165, 1.54) is 23.9 Å². The SMILES string of the molecule is Cc1ccc(Cn2c(SCc3nnc(-c4ccc([N+](=O)[O-])cc4)o3)nc3ccccc3c2=O)cc1. The molecule has 0 amide bonds. The molecule has 0 unspecified atom stereocenters. The van der Waals surface area contributed by atoms with Crippen LogP contribution in [0.3, 0.4) is 0 Å². The molecule has 0 aliphatic heterocycles. The van der Waals surface area contributed by atoms with E-state index in [9.17, 15) is 14.9 Å². The van der Waals surface area contributed by atoms with Gasteiger partial charge in [-0.3, -0.25) is 19.5 Å². The fourth-order valence-electron chi connectivity index (χ4n) is 3.55. The van der Waals surface area contributed by atoms with E-state index in [-0.39, 0.29) is 17.1 Å². The van der Waals surface area contributed by atoms with Crippen molar-refractivity contribution in [3.63, 3.8) is 0 Å². The molecule has 174 valence electrons. The first kappa shape index (κ1) is 22.5. The molecule has 0 radical (unpaired) electrons. The van der Waals surface area contributed by atoms with Crippen molar-refractivity contribution in [1.29, 1.82) is 0 Å². The Hall–Kier alpha value is -4.31. The number of fused-ring (bicyclic) bond motifs is 1. The Morgan fingerprint density at radius 2 is 1.74 bits per heavy atom. The van der Waals surface area contributed by atoms with Crippen molar-refractivity contribution in [2.45, 2.75) is 24.4 Å². The third kappa shape index (κ3) is 4.82. The molecule has 5 aromatic rings. The number of benzene rings is 3. The van der Waals surface area contributed by atoms with Crippen molar-refractivity contribution in [2.24, 2.45) is 0 Å². The van der Waals surface area contributed by atoms with Gasteiger partial charge in [-0.25, -0.2) is 4.98 Å². The standard InChI is InChI=1S/C25H19N5O4S/c1-16-6-8-17(9-7-16)14-29-24(31)20-4-2-3-5-21(20)26-25(29)35-15-22-27-28-23(34-22)18-10-12-19(13-11-18)30(32)33/h2-13H,14-15H2,1H3. The molecule has 0 N–H and O–H groups in total. The van der Waals surface area contributed by atoms with Crippen LogP contribution in [0.1, 0.15) is 17.0 Å². The third-order valence-electron chi connectivity index (χ3n) is 5.40. The molecular formula is C25H19N5O4S. The summed E-state index contributed by atoms with van der Waals surface area (Å²) in [4.78, 5) is 28.4. The van der Waals surface area contributed by atoms with Crippen molar-refractivity contribution < 1.29 is 9.34 Å². The van der Waals surface area contributed by atoms with E-state index in [4.69, 9.17) is 9.40 Å². The topological polar surface area (TPSA) is 117 Å². The summed E-state index contributed by atoms with van der Waals surface area (Å²) >= 11 is 1.33. The van der Waals surface area contributed by atoms with Gasteiger partial charge in [0.1, 0.15) is 0 Å². The first-order valence-electron chi connectivity index (χ1n) is 10.7. The van der Waals surface area contributed by atoms with Gasteiger partial charge in [0.05, 0.1) is 28.1 Å². The minimum absolute atomic E-state index is 0.0158. The first-order valence-corrected chi connectivity index (χ1v) is 11.7. The second-order valence-corrected chi connectivity index (χ2v) is 8.82. The molecular weight excluding hydrogens is 466 g/mol. The van der Waals surface area contributed by atoms with Gasteiger partial charge in [-0.05, 0) is 36.8 Å². The highest BCUT2D eigenvalue weighted by Crippen LogP contribution is 2.26. The van der Waals surface area contributed by atoms with Gasteiger partial charge in [0.2, 0.25) is 11.8 Å². The average molecular weight is 486 g/mol. The Morgan fingerprint density at radius 1 is 1.00 bits per heavy atom. The molecule has 2 heterocycles. The monoisotopic (exact) mass is 485 g/mol. The minimum atomic E-state index is -0.466. The van der Waals surface area contributed by atoms with Crippen LogP contribution in [-0.4, -0.2) is 24.7 Å². The molecule has 0 aliphatic carbocycles. The van der Waals surface area contributed by atoms with Gasteiger partial charge in [0.25, 0.3) is 11.2 Å². The van der Waals surface area contributed by atoms with Crippen molar-refractivity contribution in [3.05, 3.63) is 110 Å². The number of non-ortho nitro benzene ring substituents is 1. The van der Waals surface area contributed by atoms with E-state index in [0.717, 1.165) is 11.1 Å². The zero-order valence-corrected chi connectivity index (χ0v) is 19.4. The van der Waals surface area contributed by atoms with Crippen LogP contribution in [-0.2, 0) is 12.3 Å². The molecule has 0 aliphatic rings. The van der Waals surface area contributed by atoms with Gasteiger partial charge in [-0.2, -0.15) is 0 Å². The number of nitrogens with zero attached hydrogens (tertiary/aromatic N) is 5. The van der Waals surface area contributed by atoms with E-state index < -0.39 is 4.92 Å². The predicted molar refractivity (Wildman–Crippen MR) is 132 cm³/mol. The van der Waals surface area contributed by atoms with Crippen LogP contribution < -0.4 is 5.56 Å². The van der Waals surface area contributed by atoms with Crippen LogP contribution in [0.4, 0.5) is 5.69 Å². The maximum absolute atomic E-state index is 13.3. The first-order chi connectivity index (χ1) is 17.0. The quantitative estimate of drug-likeness (QED) is 0.137. The lowest BCUT2D eigenvalue weighted by Crippen LogP contribution is -2.24. The van der Waals surface area contributed by atoms with Gasteiger partial charge in [-0.1, -0.05) is 53.7 Å². The molecule has 2 aromatic heterocycles. The van der Waals surface area contributed by atoms with Gasteiger partial charge >= 0.3 is 0 Å². The minimum Gasteiger partial charge on any atom is -0.420 e. The van der Waals surface area contributed by atoms with E-state index >= 15 is 0 Å². The molecule has 0 spiro atoms. The molecule has 0 fully saturated rings. The predicted octanol–water partition coefficient (Wildman–Crippen LogP) is 5.00. The Bertz CT molecular complexity index is 1580. The molecule has 9 nitrogen and oxygen atoms in total. The smallest absolute Gasteiger partial charge is 0.269 e. The molecule has 0 saturated heterocycles. The second kappa shape index (κ2) is 9.51. The zero-order chi connectivity index (χ0) is 24.4. The summed E-state index contributed by atoms with van der Waals surface area (Å²) in [6.45, 7) is 2.40.